The summed E-state index contributed by atoms with van der Waals surface area (Å²) in [5.41, 5.74) is 0.637. The molecule has 0 saturated carbocycles. The van der Waals surface area contributed by atoms with Crippen LogP contribution >= 0.6 is 0 Å². The smallest absolute Gasteiger partial charge is 0.363 e. The van der Waals surface area contributed by atoms with Gasteiger partial charge in [0.1, 0.15) is 0 Å². The quantitative estimate of drug-likeness (QED) is 0.304. The fourth-order valence-corrected chi connectivity index (χ4v) is 2.78. The first-order chi connectivity index (χ1) is 14.0. The van der Waals surface area contributed by atoms with Crippen molar-refractivity contribution in [1.82, 2.24) is 0 Å². The number of ether oxygens (including phenoxy) is 4. The van der Waals surface area contributed by atoms with Gasteiger partial charge in [0.05, 0.1) is 25.7 Å². The predicted molar refractivity (Wildman–Crippen MR) is 104 cm³/mol. The van der Waals surface area contributed by atoms with Crippen LogP contribution in [-0.2, 0) is 9.53 Å². The molecule has 9 nitrogen and oxygen atoms in total. The molecule has 0 aromatic heterocycles. The van der Waals surface area contributed by atoms with Crippen LogP contribution in [0.1, 0.15) is 18.1 Å². The van der Waals surface area contributed by atoms with Crippen LogP contribution in [0, 0.1) is 10.1 Å². The largest absolute Gasteiger partial charge is 0.492 e. The van der Waals surface area contributed by atoms with Crippen LogP contribution in [-0.4, -0.2) is 37.6 Å². The molecular formula is C20H18N2O7. The Morgan fingerprint density at radius 1 is 1.17 bits per heavy atom. The zero-order valence-corrected chi connectivity index (χ0v) is 16.0. The van der Waals surface area contributed by atoms with E-state index in [-0.39, 0.29) is 28.6 Å². The van der Waals surface area contributed by atoms with Gasteiger partial charge in [-0.25, -0.2) is 9.79 Å². The Labute approximate surface area is 166 Å². The molecule has 150 valence electrons. The number of carbonyl (C=O) groups is 1. The van der Waals surface area contributed by atoms with Crippen molar-refractivity contribution in [2.75, 3.05) is 20.8 Å². The summed E-state index contributed by atoms with van der Waals surface area (Å²) in [6, 6.07) is 9.44. The Bertz CT molecular complexity index is 1030. The van der Waals surface area contributed by atoms with Gasteiger partial charge in [-0.15, -0.1) is 0 Å². The number of para-hydroxylation sites is 1. The Hall–Kier alpha value is -3.88. The van der Waals surface area contributed by atoms with Gasteiger partial charge in [0, 0.05) is 17.2 Å². The Kier molecular flexibility index (Phi) is 5.77. The van der Waals surface area contributed by atoms with E-state index in [2.05, 4.69) is 4.99 Å². The normalized spacial score (nSPS) is 14.4. The van der Waals surface area contributed by atoms with Crippen LogP contribution < -0.4 is 14.2 Å². The fraction of sp³-hybridized carbons (Fsp3) is 0.200. The number of esters is 1. The lowest BCUT2D eigenvalue weighted by Gasteiger charge is -2.11. The zero-order valence-electron chi connectivity index (χ0n) is 16.0. The summed E-state index contributed by atoms with van der Waals surface area (Å²) < 4.78 is 21.1. The number of nitro groups is 1. The minimum Gasteiger partial charge on any atom is -0.492 e. The third-order valence-corrected chi connectivity index (χ3v) is 4.05. The molecule has 0 unspecified atom stereocenters. The van der Waals surface area contributed by atoms with Gasteiger partial charge in [0.15, 0.2) is 22.9 Å². The highest BCUT2D eigenvalue weighted by atomic mass is 16.6. The fourth-order valence-electron chi connectivity index (χ4n) is 2.78. The monoisotopic (exact) mass is 398 g/mol. The second-order valence-electron chi connectivity index (χ2n) is 5.79. The third-order valence-electron chi connectivity index (χ3n) is 4.05. The van der Waals surface area contributed by atoms with E-state index in [1.807, 2.05) is 6.92 Å². The minimum absolute atomic E-state index is 0.0328. The van der Waals surface area contributed by atoms with Gasteiger partial charge in [0.2, 0.25) is 5.90 Å². The molecule has 2 aromatic rings. The number of cyclic esters (lactones) is 1. The topological polar surface area (TPSA) is 109 Å². The number of methoxy groups -OCH3 is 2. The third kappa shape index (κ3) is 4.03. The van der Waals surface area contributed by atoms with Crippen molar-refractivity contribution in [3.8, 4) is 17.2 Å². The van der Waals surface area contributed by atoms with E-state index >= 15 is 0 Å². The molecular weight excluding hydrogens is 380 g/mol. The highest BCUT2D eigenvalue weighted by Crippen LogP contribution is 2.34. The average molecular weight is 398 g/mol. The molecule has 0 saturated heterocycles. The van der Waals surface area contributed by atoms with Crippen LogP contribution in [0.4, 0.5) is 5.69 Å². The number of nitrogens with zero attached hydrogens (tertiary/aromatic N) is 2. The van der Waals surface area contributed by atoms with Crippen LogP contribution in [0.3, 0.4) is 0 Å². The number of rotatable bonds is 7. The minimum atomic E-state index is -0.678. The summed E-state index contributed by atoms with van der Waals surface area (Å²) in [5, 5.41) is 11.2. The van der Waals surface area contributed by atoms with E-state index in [0.29, 0.717) is 23.7 Å². The van der Waals surface area contributed by atoms with E-state index in [9.17, 15) is 14.9 Å². The first-order valence-electron chi connectivity index (χ1n) is 8.63. The van der Waals surface area contributed by atoms with Gasteiger partial charge in [-0.05, 0) is 31.2 Å². The molecule has 0 atom stereocenters. The maximum atomic E-state index is 12.3. The van der Waals surface area contributed by atoms with Gasteiger partial charge in [0.25, 0.3) is 0 Å². The van der Waals surface area contributed by atoms with E-state index in [0.717, 1.165) is 0 Å². The van der Waals surface area contributed by atoms with Gasteiger partial charge in [-0.2, -0.15) is 0 Å². The van der Waals surface area contributed by atoms with Gasteiger partial charge in [-0.3, -0.25) is 10.1 Å². The molecule has 0 spiro atoms. The summed E-state index contributed by atoms with van der Waals surface area (Å²) >= 11 is 0. The van der Waals surface area contributed by atoms with Crippen molar-refractivity contribution in [3.05, 3.63) is 63.3 Å². The highest BCUT2D eigenvalue weighted by Gasteiger charge is 2.27. The van der Waals surface area contributed by atoms with E-state index in [4.69, 9.17) is 18.9 Å². The lowest BCUT2D eigenvalue weighted by molar-refractivity contribution is -0.385. The molecule has 1 aliphatic rings. The first-order valence-corrected chi connectivity index (χ1v) is 8.63. The number of hydrogen-bond acceptors (Lipinski definition) is 8. The molecule has 1 heterocycles. The maximum absolute atomic E-state index is 12.3. The Balaban J connectivity index is 2.00. The van der Waals surface area contributed by atoms with Crippen molar-refractivity contribution < 1.29 is 28.7 Å². The lowest BCUT2D eigenvalue weighted by atomic mass is 10.1. The van der Waals surface area contributed by atoms with Crippen LogP contribution in [0.5, 0.6) is 17.2 Å². The molecule has 0 N–H and O–H groups in total. The molecule has 0 radical (unpaired) electrons. The van der Waals surface area contributed by atoms with Crippen molar-refractivity contribution in [1.29, 1.82) is 0 Å². The number of nitro benzene ring substituents is 1. The van der Waals surface area contributed by atoms with Gasteiger partial charge >= 0.3 is 11.7 Å². The van der Waals surface area contributed by atoms with E-state index in [1.165, 1.54) is 38.5 Å². The second kappa shape index (κ2) is 8.42. The Morgan fingerprint density at radius 3 is 2.62 bits per heavy atom. The maximum Gasteiger partial charge on any atom is 0.363 e. The molecule has 3 rings (SSSR count). The summed E-state index contributed by atoms with van der Waals surface area (Å²) in [6.45, 7) is 2.31. The van der Waals surface area contributed by atoms with Crippen LogP contribution in [0.2, 0.25) is 0 Å². The average Bonchev–Trinajstić information content (AvgIpc) is 3.08. The van der Waals surface area contributed by atoms with Crippen molar-refractivity contribution >= 4 is 23.6 Å². The zero-order chi connectivity index (χ0) is 21.0. The number of aliphatic imine (C=N–C) groups is 1. The van der Waals surface area contributed by atoms with Crippen molar-refractivity contribution in [3.63, 3.8) is 0 Å². The molecule has 2 aromatic carbocycles. The van der Waals surface area contributed by atoms with Crippen molar-refractivity contribution in [2.24, 2.45) is 4.99 Å². The lowest BCUT2D eigenvalue weighted by Crippen LogP contribution is -2.06. The van der Waals surface area contributed by atoms with Gasteiger partial charge < -0.3 is 18.9 Å². The molecule has 0 amide bonds. The molecule has 1 aliphatic heterocycles. The molecule has 0 aliphatic carbocycles. The summed E-state index contributed by atoms with van der Waals surface area (Å²) in [6.07, 6.45) is 1.51. The van der Waals surface area contributed by atoms with Crippen LogP contribution in [0.15, 0.2) is 47.1 Å². The standard InChI is InChI=1S/C20H18N2O7/c1-4-28-17-7-5-6-12(18(17)27-3)10-14-20(23)29-19(21-14)13-8-9-16(26-2)15(11-13)22(24)25/h5-11H,4H2,1-3H3/b14-10-. The Morgan fingerprint density at radius 2 is 1.97 bits per heavy atom. The molecule has 0 bridgehead atoms. The van der Waals surface area contributed by atoms with E-state index in [1.54, 1.807) is 18.2 Å². The van der Waals surface area contributed by atoms with Crippen LogP contribution in [0.25, 0.3) is 6.08 Å². The number of benzene rings is 2. The predicted octanol–water partition coefficient (Wildman–Crippen LogP) is 3.36. The van der Waals surface area contributed by atoms with Crippen molar-refractivity contribution in [2.45, 2.75) is 6.92 Å². The highest BCUT2D eigenvalue weighted by molar-refractivity contribution is 6.13. The second-order valence-corrected chi connectivity index (χ2v) is 5.79. The summed E-state index contributed by atoms with van der Waals surface area (Å²) in [5.74, 6) is 0.371. The number of carbonyl (C=O) groups excluding carboxylic acids is 1. The molecule has 29 heavy (non-hydrogen) atoms. The first kappa shape index (κ1) is 19.9. The van der Waals surface area contributed by atoms with Gasteiger partial charge in [-0.1, -0.05) is 12.1 Å². The summed E-state index contributed by atoms with van der Waals surface area (Å²) in [4.78, 5) is 27.1. The summed E-state index contributed by atoms with van der Waals surface area (Å²) in [7, 11) is 2.83. The SMILES string of the molecule is CCOc1cccc(/C=C2\N=C(c3ccc(OC)c([N+](=O)[O-])c3)OC2=O)c1OC. The molecule has 9 heteroatoms. The number of hydrogen-bond donors (Lipinski definition) is 0. The molecule has 0 fully saturated rings. The van der Waals surface area contributed by atoms with E-state index < -0.39 is 10.9 Å².